The van der Waals surface area contributed by atoms with Gasteiger partial charge in [0.25, 0.3) is 5.56 Å². The largest absolute Gasteiger partial charge is 0.497 e. The van der Waals surface area contributed by atoms with Gasteiger partial charge in [-0.25, -0.2) is 18.2 Å². The predicted molar refractivity (Wildman–Crippen MR) is 114 cm³/mol. The van der Waals surface area contributed by atoms with Crippen molar-refractivity contribution in [2.75, 3.05) is 7.11 Å². The molecule has 0 atom stereocenters. The highest BCUT2D eigenvalue weighted by Crippen LogP contribution is 2.24. The summed E-state index contributed by atoms with van der Waals surface area (Å²) in [7, 11) is 1.56. The third-order valence-electron chi connectivity index (χ3n) is 5.35. The molecule has 7 nitrogen and oxygen atoms in total. The van der Waals surface area contributed by atoms with Gasteiger partial charge in [-0.15, -0.1) is 0 Å². The second-order valence-corrected chi connectivity index (χ2v) is 7.38. The summed E-state index contributed by atoms with van der Waals surface area (Å²) in [5, 5.41) is 0.193. The van der Waals surface area contributed by atoms with Crippen LogP contribution in [0.15, 0.2) is 53.6 Å². The Bertz CT molecular complexity index is 1590. The monoisotopic (exact) mass is 452 g/mol. The second-order valence-electron chi connectivity index (χ2n) is 7.38. The Morgan fingerprint density at radius 3 is 2.61 bits per heavy atom. The molecule has 0 radical (unpaired) electrons. The van der Waals surface area contributed by atoms with Gasteiger partial charge in [0.1, 0.15) is 34.5 Å². The van der Waals surface area contributed by atoms with Crippen molar-refractivity contribution in [3.63, 3.8) is 0 Å². The predicted octanol–water partition coefficient (Wildman–Crippen LogP) is 3.91. The molecule has 0 spiro atoms. The van der Waals surface area contributed by atoms with Crippen LogP contribution in [0.2, 0.25) is 0 Å². The Hall–Kier alpha value is -4.34. The molecule has 33 heavy (non-hydrogen) atoms. The number of benzene rings is 2. The first-order valence-electron chi connectivity index (χ1n) is 9.78. The fourth-order valence-corrected chi connectivity index (χ4v) is 3.77. The first-order valence-corrected chi connectivity index (χ1v) is 9.78. The number of halogens is 3. The summed E-state index contributed by atoms with van der Waals surface area (Å²) in [6.07, 6.45) is 2.66. The number of H-pyrrole nitrogens is 2. The van der Waals surface area contributed by atoms with E-state index < -0.39 is 34.4 Å². The number of pyridine rings is 1. The molecule has 10 heteroatoms. The first-order chi connectivity index (χ1) is 15.9. The molecule has 0 fully saturated rings. The van der Waals surface area contributed by atoms with E-state index in [9.17, 15) is 22.8 Å². The van der Waals surface area contributed by atoms with Gasteiger partial charge >= 0.3 is 0 Å². The van der Waals surface area contributed by atoms with Gasteiger partial charge in [0.15, 0.2) is 0 Å². The Kier molecular flexibility index (Phi) is 4.77. The van der Waals surface area contributed by atoms with Crippen molar-refractivity contribution in [3.05, 3.63) is 93.5 Å². The van der Waals surface area contributed by atoms with Gasteiger partial charge in [0, 0.05) is 41.5 Å². The van der Waals surface area contributed by atoms with E-state index in [4.69, 9.17) is 4.74 Å². The van der Waals surface area contributed by atoms with Gasteiger partial charge in [0.2, 0.25) is 5.78 Å². The molecule has 2 aromatic carbocycles. The zero-order valence-corrected chi connectivity index (χ0v) is 17.1. The van der Waals surface area contributed by atoms with E-state index in [0.29, 0.717) is 29.2 Å². The molecule has 0 unspecified atom stereocenters. The number of nitrogens with zero attached hydrogens (tertiary/aromatic N) is 2. The van der Waals surface area contributed by atoms with Gasteiger partial charge in [-0.05, 0) is 18.2 Å². The van der Waals surface area contributed by atoms with E-state index in [1.807, 2.05) is 0 Å². The van der Waals surface area contributed by atoms with E-state index in [0.717, 1.165) is 5.52 Å². The summed E-state index contributed by atoms with van der Waals surface area (Å²) in [6, 6.07) is 7.70. The lowest BCUT2D eigenvalue weighted by molar-refractivity contribution is 0.103. The van der Waals surface area contributed by atoms with Crippen LogP contribution in [0, 0.1) is 17.5 Å². The molecule has 0 aliphatic carbocycles. The summed E-state index contributed by atoms with van der Waals surface area (Å²) in [5.74, 6) is -3.58. The zero-order chi connectivity index (χ0) is 23.3. The molecule has 0 saturated carbocycles. The van der Waals surface area contributed by atoms with Gasteiger partial charge in [0.05, 0.1) is 30.3 Å². The lowest BCUT2D eigenvalue weighted by Gasteiger charge is -2.05. The molecule has 0 amide bonds. The molecule has 5 aromatic rings. The van der Waals surface area contributed by atoms with Crippen molar-refractivity contribution in [3.8, 4) is 5.75 Å². The maximum atomic E-state index is 14.1. The van der Waals surface area contributed by atoms with E-state index in [1.165, 1.54) is 23.0 Å². The molecule has 166 valence electrons. The SMILES string of the molecule is COc1ccc2nc(Cn3ccc4c(C(=O)c5c(F)cc(F)cc5F)c[nH]c4c3=O)[nH]c2c1. The average molecular weight is 452 g/mol. The number of carbonyl (C=O) groups is 1. The summed E-state index contributed by atoms with van der Waals surface area (Å²) >= 11 is 0. The number of aromatic amines is 2. The Morgan fingerprint density at radius 1 is 1.12 bits per heavy atom. The maximum Gasteiger partial charge on any atom is 0.275 e. The summed E-state index contributed by atoms with van der Waals surface area (Å²) < 4.78 is 47.9. The van der Waals surface area contributed by atoms with Gasteiger partial charge in [-0.1, -0.05) is 0 Å². The molecule has 3 aromatic heterocycles. The van der Waals surface area contributed by atoms with Crippen molar-refractivity contribution >= 4 is 27.7 Å². The van der Waals surface area contributed by atoms with Crippen molar-refractivity contribution in [1.29, 1.82) is 0 Å². The highest BCUT2D eigenvalue weighted by atomic mass is 19.1. The lowest BCUT2D eigenvalue weighted by Crippen LogP contribution is -2.20. The van der Waals surface area contributed by atoms with Crippen LogP contribution in [-0.4, -0.2) is 32.4 Å². The van der Waals surface area contributed by atoms with Gasteiger partial charge in [-0.2, -0.15) is 0 Å². The van der Waals surface area contributed by atoms with Crippen molar-refractivity contribution < 1.29 is 22.7 Å². The summed E-state index contributed by atoms with van der Waals surface area (Å²) in [5.41, 5.74) is 0.0884. The second kappa shape index (κ2) is 7.66. The average Bonchev–Trinajstić information content (AvgIpc) is 3.38. The number of ketones is 1. The number of hydrogen-bond donors (Lipinski definition) is 2. The number of hydrogen-bond acceptors (Lipinski definition) is 4. The number of imidazole rings is 1. The number of methoxy groups -OCH3 is 1. The van der Waals surface area contributed by atoms with Crippen molar-refractivity contribution in [1.82, 2.24) is 19.5 Å². The third kappa shape index (κ3) is 3.45. The number of fused-ring (bicyclic) bond motifs is 2. The lowest BCUT2D eigenvalue weighted by atomic mass is 10.0. The smallest absolute Gasteiger partial charge is 0.275 e. The topological polar surface area (TPSA) is 92.8 Å². The minimum Gasteiger partial charge on any atom is -0.497 e. The normalized spacial score (nSPS) is 11.4. The molecule has 0 aliphatic rings. The highest BCUT2D eigenvalue weighted by molar-refractivity contribution is 6.16. The molecule has 3 heterocycles. The van der Waals surface area contributed by atoms with Crippen molar-refractivity contribution in [2.24, 2.45) is 0 Å². The standard InChI is InChI=1S/C23H15F3N4O3/c1-33-12-2-3-17-18(8-12)29-19(28-17)10-30-5-4-13-14(9-27-21(13)23(30)32)22(31)20-15(25)6-11(24)7-16(20)26/h2-9,27H,10H2,1H3,(H,28,29). The van der Waals surface area contributed by atoms with Gasteiger partial charge in [-0.3, -0.25) is 9.59 Å². The Labute approximate surface area is 183 Å². The molecule has 0 saturated heterocycles. The molecular weight excluding hydrogens is 437 g/mol. The quantitative estimate of drug-likeness (QED) is 0.396. The Balaban J connectivity index is 1.51. The summed E-state index contributed by atoms with van der Waals surface area (Å²) in [6.45, 7) is 0.120. The fourth-order valence-electron chi connectivity index (χ4n) is 3.77. The minimum atomic E-state index is -1.32. The van der Waals surface area contributed by atoms with Crippen LogP contribution in [0.5, 0.6) is 5.75 Å². The zero-order valence-electron chi connectivity index (χ0n) is 17.1. The van der Waals surface area contributed by atoms with Crippen LogP contribution < -0.4 is 10.3 Å². The van der Waals surface area contributed by atoms with Crippen LogP contribution in [0.3, 0.4) is 0 Å². The molecule has 5 rings (SSSR count). The maximum absolute atomic E-state index is 14.1. The highest BCUT2D eigenvalue weighted by Gasteiger charge is 2.24. The number of aromatic nitrogens is 4. The van der Waals surface area contributed by atoms with E-state index in [1.54, 1.807) is 25.3 Å². The van der Waals surface area contributed by atoms with Crippen LogP contribution in [0.4, 0.5) is 13.2 Å². The Morgan fingerprint density at radius 2 is 1.88 bits per heavy atom. The van der Waals surface area contributed by atoms with Crippen LogP contribution in [-0.2, 0) is 6.54 Å². The molecule has 0 bridgehead atoms. The molecule has 2 N–H and O–H groups in total. The van der Waals surface area contributed by atoms with Gasteiger partial charge < -0.3 is 19.3 Å². The first kappa shape index (κ1) is 20.6. The van der Waals surface area contributed by atoms with E-state index in [2.05, 4.69) is 15.0 Å². The third-order valence-corrected chi connectivity index (χ3v) is 5.35. The van der Waals surface area contributed by atoms with E-state index in [-0.39, 0.29) is 23.0 Å². The van der Waals surface area contributed by atoms with E-state index >= 15 is 0 Å². The minimum absolute atomic E-state index is 0.0848. The number of nitrogens with one attached hydrogen (secondary N) is 2. The number of ether oxygens (including phenoxy) is 1. The van der Waals surface area contributed by atoms with Crippen LogP contribution in [0.25, 0.3) is 21.9 Å². The molecular formula is C23H15F3N4O3. The number of carbonyl (C=O) groups excluding carboxylic acids is 1. The van der Waals surface area contributed by atoms with Crippen molar-refractivity contribution in [2.45, 2.75) is 6.54 Å². The van der Waals surface area contributed by atoms with Crippen LogP contribution in [0.1, 0.15) is 21.7 Å². The summed E-state index contributed by atoms with van der Waals surface area (Å²) in [4.78, 5) is 36.0. The van der Waals surface area contributed by atoms with Crippen LogP contribution >= 0.6 is 0 Å². The molecule has 0 aliphatic heterocycles. The number of rotatable bonds is 5. The fraction of sp³-hybridized carbons (Fsp3) is 0.0870.